The molecule has 0 bridgehead atoms. The van der Waals surface area contributed by atoms with Crippen molar-refractivity contribution in [3.63, 3.8) is 0 Å². The van der Waals surface area contributed by atoms with E-state index in [1.807, 2.05) is 6.07 Å². The summed E-state index contributed by atoms with van der Waals surface area (Å²) in [6.45, 7) is 1.46. The lowest BCUT2D eigenvalue weighted by molar-refractivity contribution is -0.112. The van der Waals surface area contributed by atoms with Crippen molar-refractivity contribution >= 4 is 50.1 Å². The van der Waals surface area contributed by atoms with E-state index in [0.29, 0.717) is 22.3 Å². The van der Waals surface area contributed by atoms with E-state index in [9.17, 15) is 18.5 Å². The van der Waals surface area contributed by atoms with Crippen LogP contribution in [0.4, 0.5) is 5.13 Å². The van der Waals surface area contributed by atoms with Crippen LogP contribution in [0.1, 0.15) is 12.7 Å². The standard InChI is InChI=1S/C18H13ClN4O4S2/c1-2-29(25,26)18-22-17(28-23-18)21-16(24)12(10-20)9-14-6-7-15(27-14)11-4-3-5-13(19)8-11/h3-9H,2H2,1H3,(H,21,22,23,24). The highest BCUT2D eigenvalue weighted by molar-refractivity contribution is 7.91. The fourth-order valence-electron chi connectivity index (χ4n) is 2.20. The SMILES string of the molecule is CCS(=O)(=O)c1nsc(NC(=O)C(C#N)=Cc2ccc(-c3cccc(Cl)c3)o2)n1. The maximum absolute atomic E-state index is 12.3. The first-order chi connectivity index (χ1) is 13.8. The number of hydrogen-bond donors (Lipinski definition) is 1. The lowest BCUT2D eigenvalue weighted by atomic mass is 10.2. The number of anilines is 1. The second-order valence-corrected chi connectivity index (χ2v) is 8.98. The van der Waals surface area contributed by atoms with Crippen molar-refractivity contribution in [3.05, 3.63) is 52.8 Å². The van der Waals surface area contributed by atoms with E-state index in [4.69, 9.17) is 16.0 Å². The van der Waals surface area contributed by atoms with E-state index < -0.39 is 15.7 Å². The smallest absolute Gasteiger partial charge is 0.268 e. The summed E-state index contributed by atoms with van der Waals surface area (Å²) >= 11 is 6.68. The maximum Gasteiger partial charge on any atom is 0.268 e. The molecule has 0 aliphatic carbocycles. The summed E-state index contributed by atoms with van der Waals surface area (Å²) in [6.07, 6.45) is 1.27. The van der Waals surface area contributed by atoms with Crippen LogP contribution in [0.5, 0.6) is 0 Å². The Kier molecular flexibility index (Phi) is 6.12. The summed E-state index contributed by atoms with van der Waals surface area (Å²) in [5.41, 5.74) is 0.505. The van der Waals surface area contributed by atoms with Crippen molar-refractivity contribution in [1.82, 2.24) is 9.36 Å². The van der Waals surface area contributed by atoms with E-state index in [-0.39, 0.29) is 27.4 Å². The summed E-state index contributed by atoms with van der Waals surface area (Å²) in [6, 6.07) is 12.1. The molecule has 0 unspecified atom stereocenters. The Bertz CT molecular complexity index is 1240. The van der Waals surface area contributed by atoms with Gasteiger partial charge in [0.2, 0.25) is 15.0 Å². The first-order valence-electron chi connectivity index (χ1n) is 8.18. The van der Waals surface area contributed by atoms with E-state index in [1.54, 1.807) is 36.4 Å². The molecular formula is C18H13ClN4O4S2. The molecule has 0 saturated heterocycles. The van der Waals surface area contributed by atoms with Crippen LogP contribution < -0.4 is 5.32 Å². The second kappa shape index (κ2) is 8.57. The fourth-order valence-corrected chi connectivity index (χ4v) is 3.97. The zero-order valence-electron chi connectivity index (χ0n) is 14.9. The number of sulfone groups is 1. The quantitative estimate of drug-likeness (QED) is 0.449. The minimum atomic E-state index is -3.58. The summed E-state index contributed by atoms with van der Waals surface area (Å²) in [7, 11) is -3.58. The number of aromatic nitrogens is 2. The Labute approximate surface area is 175 Å². The second-order valence-electron chi connectivity index (χ2n) is 5.62. The molecule has 8 nitrogen and oxygen atoms in total. The average Bonchev–Trinajstić information content (AvgIpc) is 3.36. The number of nitrogens with zero attached hydrogens (tertiary/aromatic N) is 3. The number of carbonyl (C=O) groups is 1. The summed E-state index contributed by atoms with van der Waals surface area (Å²) < 4.78 is 32.9. The van der Waals surface area contributed by atoms with Crippen molar-refractivity contribution in [3.8, 4) is 17.4 Å². The monoisotopic (exact) mass is 448 g/mol. The van der Waals surface area contributed by atoms with Gasteiger partial charge < -0.3 is 4.42 Å². The normalized spacial score (nSPS) is 11.8. The van der Waals surface area contributed by atoms with Gasteiger partial charge in [-0.3, -0.25) is 10.1 Å². The molecule has 0 atom stereocenters. The lowest BCUT2D eigenvalue weighted by Gasteiger charge is -1.99. The largest absolute Gasteiger partial charge is 0.457 e. The summed E-state index contributed by atoms with van der Waals surface area (Å²) in [4.78, 5) is 16.1. The predicted octanol–water partition coefficient (Wildman–Crippen LogP) is 3.79. The number of halogens is 1. The number of furan rings is 1. The molecule has 0 aliphatic heterocycles. The maximum atomic E-state index is 12.3. The van der Waals surface area contributed by atoms with Crippen LogP contribution in [0.15, 0.2) is 51.5 Å². The molecule has 0 aliphatic rings. The number of benzene rings is 1. The van der Waals surface area contributed by atoms with Crippen LogP contribution in [0.2, 0.25) is 5.02 Å². The van der Waals surface area contributed by atoms with Gasteiger partial charge in [-0.2, -0.15) is 14.6 Å². The Morgan fingerprint density at radius 2 is 2.17 bits per heavy atom. The molecule has 0 spiro atoms. The number of nitrogens with one attached hydrogen (secondary N) is 1. The van der Waals surface area contributed by atoms with Crippen LogP contribution in [0, 0.1) is 11.3 Å². The van der Waals surface area contributed by atoms with Gasteiger partial charge in [-0.1, -0.05) is 30.7 Å². The molecule has 1 N–H and O–H groups in total. The van der Waals surface area contributed by atoms with Crippen LogP contribution in [0.25, 0.3) is 17.4 Å². The molecule has 2 aromatic heterocycles. The minimum absolute atomic E-state index is 0.0257. The molecular weight excluding hydrogens is 436 g/mol. The Balaban J connectivity index is 1.78. The first-order valence-corrected chi connectivity index (χ1v) is 11.0. The van der Waals surface area contributed by atoms with Gasteiger partial charge in [-0.25, -0.2) is 8.42 Å². The topological polar surface area (TPSA) is 126 Å². The molecule has 2 heterocycles. The number of carbonyl (C=O) groups excluding carboxylic acids is 1. The highest BCUT2D eigenvalue weighted by atomic mass is 35.5. The molecule has 1 aromatic carbocycles. The van der Waals surface area contributed by atoms with Crippen LogP contribution in [-0.4, -0.2) is 29.4 Å². The number of amides is 1. The van der Waals surface area contributed by atoms with Crippen molar-refractivity contribution in [2.45, 2.75) is 12.1 Å². The molecule has 148 valence electrons. The molecule has 0 fully saturated rings. The fraction of sp³-hybridized carbons (Fsp3) is 0.111. The molecule has 0 radical (unpaired) electrons. The van der Waals surface area contributed by atoms with Gasteiger partial charge in [0.05, 0.1) is 5.75 Å². The van der Waals surface area contributed by atoms with Crippen LogP contribution >= 0.6 is 23.1 Å². The van der Waals surface area contributed by atoms with Crippen LogP contribution in [0.3, 0.4) is 0 Å². The van der Waals surface area contributed by atoms with E-state index in [0.717, 1.165) is 5.56 Å². The molecule has 11 heteroatoms. The minimum Gasteiger partial charge on any atom is -0.457 e. The molecule has 1 amide bonds. The highest BCUT2D eigenvalue weighted by Crippen LogP contribution is 2.26. The molecule has 29 heavy (non-hydrogen) atoms. The zero-order valence-corrected chi connectivity index (χ0v) is 17.3. The van der Waals surface area contributed by atoms with E-state index in [2.05, 4.69) is 14.7 Å². The first kappa shape index (κ1) is 20.7. The van der Waals surface area contributed by atoms with Gasteiger partial charge in [-0.15, -0.1) is 0 Å². The van der Waals surface area contributed by atoms with Gasteiger partial charge in [0.1, 0.15) is 23.2 Å². The third-order valence-electron chi connectivity index (χ3n) is 3.67. The number of rotatable bonds is 6. The van der Waals surface area contributed by atoms with Crippen LogP contribution in [-0.2, 0) is 14.6 Å². The van der Waals surface area contributed by atoms with E-state index in [1.165, 1.54) is 13.0 Å². The average molecular weight is 449 g/mol. The van der Waals surface area contributed by atoms with Gasteiger partial charge >= 0.3 is 0 Å². The molecule has 3 rings (SSSR count). The van der Waals surface area contributed by atoms with Gasteiger partial charge in [0, 0.05) is 28.2 Å². The van der Waals surface area contributed by atoms with Gasteiger partial charge in [0.15, 0.2) is 0 Å². The van der Waals surface area contributed by atoms with Gasteiger partial charge in [0.25, 0.3) is 11.1 Å². The third kappa shape index (κ3) is 4.89. The number of nitriles is 1. The highest BCUT2D eigenvalue weighted by Gasteiger charge is 2.20. The summed E-state index contributed by atoms with van der Waals surface area (Å²) in [5, 5.41) is 11.8. The Hall–Kier alpha value is -3.00. The Morgan fingerprint density at radius 3 is 2.86 bits per heavy atom. The third-order valence-corrected chi connectivity index (χ3v) is 6.15. The predicted molar refractivity (Wildman–Crippen MR) is 109 cm³/mol. The number of hydrogen-bond acceptors (Lipinski definition) is 8. The zero-order chi connectivity index (χ0) is 21.0. The van der Waals surface area contributed by atoms with Crippen molar-refractivity contribution < 1.29 is 17.6 Å². The lowest BCUT2D eigenvalue weighted by Crippen LogP contribution is -2.13. The van der Waals surface area contributed by atoms with Crippen molar-refractivity contribution in [2.75, 3.05) is 11.1 Å². The van der Waals surface area contributed by atoms with Crippen molar-refractivity contribution in [2.24, 2.45) is 0 Å². The molecule has 0 saturated carbocycles. The molecule has 3 aromatic rings. The van der Waals surface area contributed by atoms with Gasteiger partial charge in [-0.05, 0) is 24.3 Å². The van der Waals surface area contributed by atoms with Crippen molar-refractivity contribution in [1.29, 1.82) is 5.26 Å². The van der Waals surface area contributed by atoms with E-state index >= 15 is 0 Å². The Morgan fingerprint density at radius 1 is 1.38 bits per heavy atom. The summed E-state index contributed by atoms with van der Waals surface area (Å²) in [5.74, 6) is -0.105.